The van der Waals surface area contributed by atoms with E-state index in [1.165, 1.54) is 19.2 Å². The van der Waals surface area contributed by atoms with Crippen molar-refractivity contribution < 1.29 is 9.13 Å². The fourth-order valence-corrected chi connectivity index (χ4v) is 1.17. The van der Waals surface area contributed by atoms with Crippen LogP contribution in [0.25, 0.3) is 0 Å². The smallest absolute Gasteiger partial charge is 0.165 e. The molecule has 0 saturated carbocycles. The van der Waals surface area contributed by atoms with E-state index in [2.05, 4.69) is 4.99 Å². The summed E-state index contributed by atoms with van der Waals surface area (Å²) in [6, 6.07) is 4.37. The van der Waals surface area contributed by atoms with Crippen LogP contribution in [0, 0.1) is 11.2 Å². The third-order valence-corrected chi connectivity index (χ3v) is 2.06. The topological polar surface area (TPSA) is 45.4 Å². The first-order valence-electron chi connectivity index (χ1n) is 5.14. The monoisotopic (exact) mass is 222 g/mol. The Hall–Kier alpha value is -1.71. The van der Waals surface area contributed by atoms with Crippen LogP contribution < -0.4 is 4.74 Å². The van der Waals surface area contributed by atoms with Crippen molar-refractivity contribution in [3.8, 4) is 5.75 Å². The molecular weight excluding hydrogens is 207 g/mol. The van der Waals surface area contributed by atoms with Crippen molar-refractivity contribution in [3.63, 3.8) is 0 Å². The standard InChI is InChI=1S/C12H15FN2O/c1-3-4-7-15-12(14)9-5-6-11(16-2)10(13)8-9/h5-8,14H,3-4H2,1-2H3. The molecule has 0 atom stereocenters. The van der Waals surface area contributed by atoms with Gasteiger partial charge in [-0.1, -0.05) is 13.3 Å². The third kappa shape index (κ3) is 3.15. The highest BCUT2D eigenvalue weighted by Gasteiger charge is 2.05. The van der Waals surface area contributed by atoms with E-state index in [4.69, 9.17) is 10.1 Å². The molecule has 0 bridgehead atoms. The second kappa shape index (κ2) is 6.00. The Morgan fingerprint density at radius 3 is 2.88 bits per heavy atom. The van der Waals surface area contributed by atoms with Crippen molar-refractivity contribution in [2.24, 2.45) is 4.99 Å². The number of halogens is 1. The first-order chi connectivity index (χ1) is 7.69. The van der Waals surface area contributed by atoms with E-state index >= 15 is 0 Å². The summed E-state index contributed by atoms with van der Waals surface area (Å²) >= 11 is 0. The van der Waals surface area contributed by atoms with E-state index in [0.29, 0.717) is 5.56 Å². The summed E-state index contributed by atoms with van der Waals surface area (Å²) in [6.45, 7) is 2.03. The molecule has 0 heterocycles. The van der Waals surface area contributed by atoms with Gasteiger partial charge in [-0.25, -0.2) is 9.38 Å². The third-order valence-electron chi connectivity index (χ3n) is 2.06. The SMILES string of the molecule is CCCC=NC(=N)c1ccc(OC)c(F)c1. The summed E-state index contributed by atoms with van der Waals surface area (Å²) in [4.78, 5) is 3.93. The van der Waals surface area contributed by atoms with E-state index in [-0.39, 0.29) is 11.6 Å². The van der Waals surface area contributed by atoms with Crippen molar-refractivity contribution in [2.75, 3.05) is 7.11 Å². The van der Waals surface area contributed by atoms with Gasteiger partial charge in [0, 0.05) is 11.8 Å². The van der Waals surface area contributed by atoms with Crippen LogP contribution >= 0.6 is 0 Å². The van der Waals surface area contributed by atoms with Gasteiger partial charge in [0.1, 0.15) is 0 Å². The van der Waals surface area contributed by atoms with Gasteiger partial charge in [-0.2, -0.15) is 0 Å². The van der Waals surface area contributed by atoms with E-state index in [0.717, 1.165) is 12.8 Å². The number of nitrogens with zero attached hydrogens (tertiary/aromatic N) is 1. The fourth-order valence-electron chi connectivity index (χ4n) is 1.17. The van der Waals surface area contributed by atoms with Crippen LogP contribution in [0.2, 0.25) is 0 Å². The zero-order valence-corrected chi connectivity index (χ0v) is 9.46. The molecule has 3 nitrogen and oxygen atoms in total. The molecule has 4 heteroatoms. The first-order valence-corrected chi connectivity index (χ1v) is 5.14. The average molecular weight is 222 g/mol. The van der Waals surface area contributed by atoms with Crippen LogP contribution in [0.1, 0.15) is 25.3 Å². The highest BCUT2D eigenvalue weighted by atomic mass is 19.1. The number of hydrogen-bond donors (Lipinski definition) is 1. The maximum absolute atomic E-state index is 13.3. The normalized spacial score (nSPS) is 10.7. The second-order valence-electron chi connectivity index (χ2n) is 3.30. The molecule has 1 aromatic rings. The number of benzene rings is 1. The zero-order valence-electron chi connectivity index (χ0n) is 9.46. The maximum atomic E-state index is 13.3. The largest absolute Gasteiger partial charge is 0.494 e. The number of nitrogens with one attached hydrogen (secondary N) is 1. The number of amidine groups is 1. The highest BCUT2D eigenvalue weighted by molar-refractivity contribution is 6.00. The number of methoxy groups -OCH3 is 1. The number of ether oxygens (including phenoxy) is 1. The minimum absolute atomic E-state index is 0.0648. The van der Waals surface area contributed by atoms with Crippen LogP contribution in [0.4, 0.5) is 4.39 Å². The summed E-state index contributed by atoms with van der Waals surface area (Å²) in [7, 11) is 1.41. The number of hydrogen-bond acceptors (Lipinski definition) is 2. The number of rotatable bonds is 4. The van der Waals surface area contributed by atoms with Gasteiger partial charge in [-0.15, -0.1) is 0 Å². The Balaban J connectivity index is 2.81. The summed E-state index contributed by atoms with van der Waals surface area (Å²) < 4.78 is 18.1. The Kier molecular flexibility index (Phi) is 4.64. The van der Waals surface area contributed by atoms with Crippen molar-refractivity contribution in [3.05, 3.63) is 29.6 Å². The highest BCUT2D eigenvalue weighted by Crippen LogP contribution is 2.17. The molecule has 86 valence electrons. The molecule has 0 aliphatic rings. The lowest BCUT2D eigenvalue weighted by Crippen LogP contribution is -1.98. The van der Waals surface area contributed by atoms with Gasteiger partial charge in [-0.3, -0.25) is 5.41 Å². The molecule has 0 aliphatic heterocycles. The summed E-state index contributed by atoms with van der Waals surface area (Å²) in [5, 5.41) is 7.63. The predicted molar refractivity (Wildman–Crippen MR) is 63.2 cm³/mol. The number of aliphatic imine (C=N–C) groups is 1. The lowest BCUT2D eigenvalue weighted by atomic mass is 10.2. The lowest BCUT2D eigenvalue weighted by Gasteiger charge is -2.03. The van der Waals surface area contributed by atoms with Gasteiger partial charge in [0.25, 0.3) is 0 Å². The molecular formula is C12H15FN2O. The van der Waals surface area contributed by atoms with E-state index < -0.39 is 5.82 Å². The Bertz CT molecular complexity index is 402. The minimum Gasteiger partial charge on any atom is -0.494 e. The van der Waals surface area contributed by atoms with Gasteiger partial charge in [0.15, 0.2) is 17.4 Å². The Morgan fingerprint density at radius 2 is 2.31 bits per heavy atom. The quantitative estimate of drug-likeness (QED) is 0.617. The molecule has 16 heavy (non-hydrogen) atoms. The molecule has 1 N–H and O–H groups in total. The fraction of sp³-hybridized carbons (Fsp3) is 0.333. The molecule has 0 radical (unpaired) electrons. The molecule has 0 aliphatic carbocycles. The van der Waals surface area contributed by atoms with Gasteiger partial charge in [-0.05, 0) is 24.6 Å². The Morgan fingerprint density at radius 1 is 1.56 bits per heavy atom. The van der Waals surface area contributed by atoms with Crippen molar-refractivity contribution in [2.45, 2.75) is 19.8 Å². The van der Waals surface area contributed by atoms with Gasteiger partial charge < -0.3 is 4.74 Å². The van der Waals surface area contributed by atoms with Crippen molar-refractivity contribution >= 4 is 12.1 Å². The van der Waals surface area contributed by atoms with Crippen molar-refractivity contribution in [1.82, 2.24) is 0 Å². The molecule has 1 aromatic carbocycles. The number of unbranched alkanes of at least 4 members (excludes halogenated alkanes) is 1. The minimum atomic E-state index is -0.476. The molecule has 1 rings (SSSR count). The van der Waals surface area contributed by atoms with E-state index in [1.807, 2.05) is 6.92 Å². The molecule has 0 aromatic heterocycles. The van der Waals surface area contributed by atoms with Gasteiger partial charge >= 0.3 is 0 Å². The van der Waals surface area contributed by atoms with E-state index in [9.17, 15) is 4.39 Å². The molecule has 0 fully saturated rings. The molecule has 0 spiro atoms. The average Bonchev–Trinajstić information content (AvgIpc) is 2.29. The summed E-state index contributed by atoms with van der Waals surface area (Å²) in [5.74, 6) is -0.237. The van der Waals surface area contributed by atoms with Crippen LogP contribution in [0.3, 0.4) is 0 Å². The van der Waals surface area contributed by atoms with Crippen LogP contribution in [0.15, 0.2) is 23.2 Å². The van der Waals surface area contributed by atoms with Gasteiger partial charge in [0.2, 0.25) is 0 Å². The van der Waals surface area contributed by atoms with Crippen LogP contribution in [-0.4, -0.2) is 19.2 Å². The summed E-state index contributed by atoms with van der Waals surface area (Å²) in [6.07, 6.45) is 3.47. The lowest BCUT2D eigenvalue weighted by molar-refractivity contribution is 0.386. The zero-order chi connectivity index (χ0) is 12.0. The maximum Gasteiger partial charge on any atom is 0.165 e. The Labute approximate surface area is 94.5 Å². The first kappa shape index (κ1) is 12.4. The predicted octanol–water partition coefficient (Wildman–Crippen LogP) is 3.03. The van der Waals surface area contributed by atoms with E-state index in [1.54, 1.807) is 12.3 Å². The van der Waals surface area contributed by atoms with Gasteiger partial charge in [0.05, 0.1) is 7.11 Å². The molecule has 0 unspecified atom stereocenters. The van der Waals surface area contributed by atoms with Crippen LogP contribution in [-0.2, 0) is 0 Å². The van der Waals surface area contributed by atoms with Crippen LogP contribution in [0.5, 0.6) is 5.75 Å². The molecule has 0 saturated heterocycles. The summed E-state index contributed by atoms with van der Waals surface area (Å²) in [5.41, 5.74) is 0.450. The second-order valence-corrected chi connectivity index (χ2v) is 3.30. The molecule has 0 amide bonds. The van der Waals surface area contributed by atoms with Crippen molar-refractivity contribution in [1.29, 1.82) is 5.41 Å².